The third-order valence-corrected chi connectivity index (χ3v) is 13.3. The van der Waals surface area contributed by atoms with Crippen molar-refractivity contribution in [2.75, 3.05) is 11.9 Å². The summed E-state index contributed by atoms with van der Waals surface area (Å²) >= 11 is 0. The van der Waals surface area contributed by atoms with Crippen LogP contribution < -0.4 is 16.0 Å². The van der Waals surface area contributed by atoms with E-state index in [1.165, 1.54) is 38.5 Å². The van der Waals surface area contributed by atoms with Crippen LogP contribution >= 0.6 is 0 Å². The van der Waals surface area contributed by atoms with Gasteiger partial charge in [0.25, 0.3) is 0 Å². The van der Waals surface area contributed by atoms with Gasteiger partial charge in [-0.25, -0.2) is 0 Å². The molecule has 4 aromatic rings. The SMILES string of the molecule is Cc1cc(C)cc(NC(=O)[C@H](Cc2ccccc2)NC(=O)[C@@H]2C3c4ccccc4C(c4ccccc43)[C@@H]2C(=O)NCC23CC4CC(CC(C4)C2)C3)c1. The summed E-state index contributed by atoms with van der Waals surface area (Å²) in [6.07, 6.45) is 8.04. The van der Waals surface area contributed by atoms with E-state index in [9.17, 15) is 9.59 Å². The van der Waals surface area contributed by atoms with Gasteiger partial charge in [-0.15, -0.1) is 0 Å². The van der Waals surface area contributed by atoms with E-state index in [1.807, 2.05) is 68.4 Å². The van der Waals surface area contributed by atoms with Crippen molar-refractivity contribution in [1.82, 2.24) is 10.6 Å². The van der Waals surface area contributed by atoms with Gasteiger partial charge in [0.1, 0.15) is 6.04 Å². The zero-order valence-corrected chi connectivity index (χ0v) is 30.2. The number of fused-ring (bicyclic) bond motifs is 1. The Labute approximate surface area is 307 Å². The largest absolute Gasteiger partial charge is 0.355 e. The summed E-state index contributed by atoms with van der Waals surface area (Å²) in [5.74, 6) is 0.0230. The Bertz CT molecular complexity index is 1930. The van der Waals surface area contributed by atoms with E-state index in [1.54, 1.807) is 0 Å². The molecule has 11 rings (SSSR count). The average Bonchev–Trinajstić information content (AvgIpc) is 3.12. The van der Waals surface area contributed by atoms with Gasteiger partial charge in [0, 0.05) is 30.5 Å². The van der Waals surface area contributed by atoms with Crippen LogP contribution in [0.3, 0.4) is 0 Å². The second-order valence-corrected chi connectivity index (χ2v) is 17.0. The number of carbonyl (C=O) groups is 3. The molecule has 4 aromatic carbocycles. The fourth-order valence-electron chi connectivity index (χ4n) is 11.8. The normalized spacial score (nSPS) is 29.5. The first-order valence-corrected chi connectivity index (χ1v) is 19.4. The van der Waals surface area contributed by atoms with Gasteiger partial charge < -0.3 is 16.0 Å². The minimum atomic E-state index is -0.836. The smallest absolute Gasteiger partial charge is 0.247 e. The molecule has 266 valence electrons. The molecule has 0 aromatic heterocycles. The van der Waals surface area contributed by atoms with E-state index in [4.69, 9.17) is 0 Å². The third kappa shape index (κ3) is 5.94. The molecule has 52 heavy (non-hydrogen) atoms. The highest BCUT2D eigenvalue weighted by Crippen LogP contribution is 2.61. The number of hydrogen-bond donors (Lipinski definition) is 3. The van der Waals surface area contributed by atoms with Crippen molar-refractivity contribution in [1.29, 1.82) is 0 Å². The van der Waals surface area contributed by atoms with E-state index in [2.05, 4.69) is 58.4 Å². The molecule has 0 heterocycles. The Kier molecular flexibility index (Phi) is 8.32. The molecule has 0 aliphatic heterocycles. The van der Waals surface area contributed by atoms with Crippen LogP contribution in [0, 0.1) is 48.9 Å². The van der Waals surface area contributed by atoms with Crippen molar-refractivity contribution in [3.63, 3.8) is 0 Å². The second kappa shape index (κ2) is 13.1. The summed E-state index contributed by atoms with van der Waals surface area (Å²) in [5, 5.41) is 9.84. The number of anilines is 1. The van der Waals surface area contributed by atoms with Crippen LogP contribution in [-0.4, -0.2) is 30.3 Å². The molecular formula is C46H49N3O3. The molecule has 0 unspecified atom stereocenters. The molecule has 4 saturated carbocycles. The number of hydrogen-bond acceptors (Lipinski definition) is 3. The standard InChI is InChI=1S/C46H49N3O3/c1-27-16-28(2)18-33(17-27)48-43(50)38(22-29-10-4-3-5-11-29)49-45(52)42-40-36-14-8-6-12-34(36)39(35-13-7-9-15-37(35)40)41(42)44(51)47-26-46-23-30-19-31(24-46)21-32(20-30)25-46/h3-18,30-32,38-42H,19-26H2,1-2H3,(H,47,51)(H,48,50)(H,49,52)/t30?,31?,32?,38-,39?,40?,41-,42+,46?/m0/s1. The molecule has 4 fully saturated rings. The van der Waals surface area contributed by atoms with Crippen LogP contribution in [0.2, 0.25) is 0 Å². The first-order valence-electron chi connectivity index (χ1n) is 19.4. The van der Waals surface area contributed by atoms with Crippen LogP contribution in [0.4, 0.5) is 5.69 Å². The number of amides is 3. The number of aryl methyl sites for hydroxylation is 2. The van der Waals surface area contributed by atoms with Crippen molar-refractivity contribution in [3.05, 3.63) is 136 Å². The number of rotatable bonds is 9. The van der Waals surface area contributed by atoms with Crippen molar-refractivity contribution in [2.24, 2.45) is 35.0 Å². The van der Waals surface area contributed by atoms with Crippen LogP contribution in [0.25, 0.3) is 0 Å². The van der Waals surface area contributed by atoms with Gasteiger partial charge in [0.05, 0.1) is 11.8 Å². The lowest BCUT2D eigenvalue weighted by Gasteiger charge is -2.57. The maximum atomic E-state index is 15.0. The Hall–Kier alpha value is -4.71. The Morgan fingerprint density at radius 1 is 0.654 bits per heavy atom. The first-order chi connectivity index (χ1) is 25.2. The van der Waals surface area contributed by atoms with Gasteiger partial charge in [-0.05, 0) is 127 Å². The van der Waals surface area contributed by atoms with Crippen LogP contribution in [0.1, 0.15) is 89.3 Å². The highest BCUT2D eigenvalue weighted by molar-refractivity contribution is 5.99. The second-order valence-electron chi connectivity index (χ2n) is 17.0. The Morgan fingerprint density at radius 3 is 1.65 bits per heavy atom. The molecule has 0 spiro atoms. The molecule has 6 nitrogen and oxygen atoms in total. The van der Waals surface area contributed by atoms with Gasteiger partial charge in [-0.1, -0.05) is 84.9 Å². The molecule has 3 N–H and O–H groups in total. The number of nitrogens with one attached hydrogen (secondary N) is 3. The van der Waals surface area contributed by atoms with Crippen molar-refractivity contribution in [3.8, 4) is 0 Å². The van der Waals surface area contributed by atoms with Crippen LogP contribution in [0.15, 0.2) is 97.1 Å². The Morgan fingerprint density at radius 2 is 1.13 bits per heavy atom. The summed E-state index contributed by atoms with van der Waals surface area (Å²) in [7, 11) is 0. The van der Waals surface area contributed by atoms with Gasteiger partial charge in [0.15, 0.2) is 0 Å². The zero-order chi connectivity index (χ0) is 35.6. The molecule has 7 aliphatic rings. The number of benzene rings is 4. The van der Waals surface area contributed by atoms with E-state index < -0.39 is 17.9 Å². The molecule has 7 aliphatic carbocycles. The third-order valence-electron chi connectivity index (χ3n) is 13.3. The van der Waals surface area contributed by atoms with Crippen LogP contribution in [-0.2, 0) is 20.8 Å². The van der Waals surface area contributed by atoms with E-state index in [0.717, 1.165) is 56.7 Å². The topological polar surface area (TPSA) is 87.3 Å². The minimum absolute atomic E-state index is 0.0331. The van der Waals surface area contributed by atoms with E-state index in [-0.39, 0.29) is 35.0 Å². The van der Waals surface area contributed by atoms with Crippen molar-refractivity contribution < 1.29 is 14.4 Å². The van der Waals surface area contributed by atoms with Crippen LogP contribution in [0.5, 0.6) is 0 Å². The van der Waals surface area contributed by atoms with Gasteiger partial charge in [-0.3, -0.25) is 14.4 Å². The molecule has 6 bridgehead atoms. The van der Waals surface area contributed by atoms with Gasteiger partial charge >= 0.3 is 0 Å². The monoisotopic (exact) mass is 691 g/mol. The fraction of sp³-hybridized carbons (Fsp3) is 0.413. The predicted octanol–water partition coefficient (Wildman–Crippen LogP) is 7.83. The van der Waals surface area contributed by atoms with E-state index in [0.29, 0.717) is 18.7 Å². The van der Waals surface area contributed by atoms with Crippen molar-refractivity contribution >= 4 is 23.4 Å². The lowest BCUT2D eigenvalue weighted by molar-refractivity contribution is -0.139. The molecule has 0 radical (unpaired) electrons. The first kappa shape index (κ1) is 33.1. The summed E-state index contributed by atoms with van der Waals surface area (Å²) in [5.41, 5.74) is 8.43. The molecular weight excluding hydrogens is 643 g/mol. The van der Waals surface area contributed by atoms with Gasteiger partial charge in [-0.2, -0.15) is 0 Å². The summed E-state index contributed by atoms with van der Waals surface area (Å²) in [4.78, 5) is 44.0. The summed E-state index contributed by atoms with van der Waals surface area (Å²) in [6.45, 7) is 4.71. The highest BCUT2D eigenvalue weighted by atomic mass is 16.2. The van der Waals surface area contributed by atoms with Gasteiger partial charge in [0.2, 0.25) is 17.7 Å². The molecule has 0 saturated heterocycles. The zero-order valence-electron chi connectivity index (χ0n) is 30.2. The maximum Gasteiger partial charge on any atom is 0.247 e. The Balaban J connectivity index is 1.06. The molecule has 3 atom stereocenters. The maximum absolute atomic E-state index is 15.0. The summed E-state index contributed by atoms with van der Waals surface area (Å²) < 4.78 is 0. The quantitative estimate of drug-likeness (QED) is 0.167. The highest BCUT2D eigenvalue weighted by Gasteiger charge is 2.56. The fourth-order valence-corrected chi connectivity index (χ4v) is 11.8. The molecule has 3 amide bonds. The summed E-state index contributed by atoms with van der Waals surface area (Å²) in [6, 6.07) is 31.7. The predicted molar refractivity (Wildman–Crippen MR) is 204 cm³/mol. The average molecular weight is 692 g/mol. The number of carbonyl (C=O) groups excluding carboxylic acids is 3. The van der Waals surface area contributed by atoms with Crippen molar-refractivity contribution in [2.45, 2.75) is 76.7 Å². The lowest BCUT2D eigenvalue weighted by atomic mass is 9.49. The lowest BCUT2D eigenvalue weighted by Crippen LogP contribution is -2.57. The van der Waals surface area contributed by atoms with E-state index >= 15 is 4.79 Å². The minimum Gasteiger partial charge on any atom is -0.355 e. The molecule has 6 heteroatoms.